The van der Waals surface area contributed by atoms with Crippen LogP contribution < -0.4 is 5.32 Å². The number of amides is 1. The summed E-state index contributed by atoms with van der Waals surface area (Å²) in [4.78, 5) is 12.7. The van der Waals surface area contributed by atoms with Crippen molar-refractivity contribution in [3.63, 3.8) is 0 Å². The molecule has 2 unspecified atom stereocenters. The summed E-state index contributed by atoms with van der Waals surface area (Å²) in [7, 11) is 0. The monoisotopic (exact) mass is 298 g/mol. The van der Waals surface area contributed by atoms with Crippen molar-refractivity contribution in [1.82, 2.24) is 10.5 Å². The second kappa shape index (κ2) is 6.34. The standard InChI is InChI=1S/C18H22N2O2/c1-12-7-6-10-15(11-12)19-18(21)16-13(2)22-20-17(16)14-8-4-3-5-9-14/h3-5,8-9,12,15H,6-7,10-11H2,1-2H3,(H,19,21). The molecule has 1 aliphatic rings. The number of carbonyl (C=O) groups excluding carboxylic acids is 1. The van der Waals surface area contributed by atoms with Crippen LogP contribution in [0.25, 0.3) is 11.3 Å². The molecule has 1 heterocycles. The van der Waals surface area contributed by atoms with E-state index in [0.717, 1.165) is 18.4 Å². The minimum Gasteiger partial charge on any atom is -0.360 e. The van der Waals surface area contributed by atoms with E-state index in [0.29, 0.717) is 22.9 Å². The average Bonchev–Trinajstić information content (AvgIpc) is 2.90. The first-order chi connectivity index (χ1) is 10.6. The topological polar surface area (TPSA) is 55.1 Å². The van der Waals surface area contributed by atoms with Crippen LogP contribution in [-0.2, 0) is 0 Å². The molecule has 0 radical (unpaired) electrons. The molecule has 1 aliphatic carbocycles. The first kappa shape index (κ1) is 14.8. The van der Waals surface area contributed by atoms with Gasteiger partial charge in [-0.3, -0.25) is 4.79 Å². The Kier molecular flexibility index (Phi) is 4.27. The molecular weight excluding hydrogens is 276 g/mol. The van der Waals surface area contributed by atoms with E-state index in [1.165, 1.54) is 12.8 Å². The molecule has 1 aromatic carbocycles. The maximum atomic E-state index is 12.7. The first-order valence-corrected chi connectivity index (χ1v) is 7.97. The summed E-state index contributed by atoms with van der Waals surface area (Å²) in [5.74, 6) is 1.17. The number of nitrogens with zero attached hydrogens (tertiary/aromatic N) is 1. The van der Waals surface area contributed by atoms with Crippen LogP contribution in [0.1, 0.15) is 48.7 Å². The number of hydrogen-bond donors (Lipinski definition) is 1. The Morgan fingerprint density at radius 2 is 2.05 bits per heavy atom. The molecule has 1 amide bonds. The van der Waals surface area contributed by atoms with Gasteiger partial charge in [-0.25, -0.2) is 0 Å². The molecule has 0 aliphatic heterocycles. The molecule has 4 nitrogen and oxygen atoms in total. The zero-order valence-corrected chi connectivity index (χ0v) is 13.1. The summed E-state index contributed by atoms with van der Waals surface area (Å²) < 4.78 is 5.27. The molecule has 22 heavy (non-hydrogen) atoms. The van der Waals surface area contributed by atoms with Crippen LogP contribution in [0.15, 0.2) is 34.9 Å². The van der Waals surface area contributed by atoms with Crippen LogP contribution in [0.2, 0.25) is 0 Å². The van der Waals surface area contributed by atoms with E-state index in [-0.39, 0.29) is 11.9 Å². The van der Waals surface area contributed by atoms with Crippen LogP contribution in [0.3, 0.4) is 0 Å². The maximum absolute atomic E-state index is 12.7. The Hall–Kier alpha value is -2.10. The number of nitrogens with one attached hydrogen (secondary N) is 1. The van der Waals surface area contributed by atoms with E-state index >= 15 is 0 Å². The number of rotatable bonds is 3. The van der Waals surface area contributed by atoms with Gasteiger partial charge in [-0.2, -0.15) is 0 Å². The summed E-state index contributed by atoms with van der Waals surface area (Å²) in [6.07, 6.45) is 4.55. The molecule has 2 aromatic rings. The van der Waals surface area contributed by atoms with Gasteiger partial charge in [0, 0.05) is 11.6 Å². The number of benzene rings is 1. The van der Waals surface area contributed by atoms with Crippen molar-refractivity contribution in [2.24, 2.45) is 5.92 Å². The predicted molar refractivity (Wildman–Crippen MR) is 85.6 cm³/mol. The minimum absolute atomic E-state index is 0.0725. The van der Waals surface area contributed by atoms with Gasteiger partial charge < -0.3 is 9.84 Å². The fraction of sp³-hybridized carbons (Fsp3) is 0.444. The average molecular weight is 298 g/mol. The van der Waals surface area contributed by atoms with Crippen LogP contribution in [-0.4, -0.2) is 17.1 Å². The van der Waals surface area contributed by atoms with Gasteiger partial charge in [-0.1, -0.05) is 55.3 Å². The highest BCUT2D eigenvalue weighted by Gasteiger charge is 2.25. The molecule has 0 spiro atoms. The number of aromatic nitrogens is 1. The van der Waals surface area contributed by atoms with Crippen molar-refractivity contribution in [2.45, 2.75) is 45.6 Å². The van der Waals surface area contributed by atoms with Crippen LogP contribution >= 0.6 is 0 Å². The molecule has 0 saturated heterocycles. The third kappa shape index (κ3) is 3.06. The highest BCUT2D eigenvalue weighted by Crippen LogP contribution is 2.27. The van der Waals surface area contributed by atoms with E-state index < -0.39 is 0 Å². The summed E-state index contributed by atoms with van der Waals surface area (Å²) in [6.45, 7) is 4.04. The zero-order chi connectivity index (χ0) is 15.5. The molecule has 0 bridgehead atoms. The lowest BCUT2D eigenvalue weighted by Gasteiger charge is -2.27. The third-order valence-corrected chi connectivity index (χ3v) is 4.41. The van der Waals surface area contributed by atoms with Crippen molar-refractivity contribution in [1.29, 1.82) is 0 Å². The molecule has 1 fully saturated rings. The van der Waals surface area contributed by atoms with Crippen LogP contribution in [0.5, 0.6) is 0 Å². The molecular formula is C18H22N2O2. The normalized spacial score (nSPS) is 21.5. The summed E-state index contributed by atoms with van der Waals surface area (Å²) in [5.41, 5.74) is 2.09. The zero-order valence-electron chi connectivity index (χ0n) is 13.1. The van der Waals surface area contributed by atoms with Gasteiger partial charge >= 0.3 is 0 Å². The fourth-order valence-corrected chi connectivity index (χ4v) is 3.26. The molecule has 1 aromatic heterocycles. The van der Waals surface area contributed by atoms with Gasteiger partial charge in [-0.15, -0.1) is 0 Å². The van der Waals surface area contributed by atoms with Crippen molar-refractivity contribution >= 4 is 5.91 Å². The van der Waals surface area contributed by atoms with E-state index in [1.54, 1.807) is 6.92 Å². The van der Waals surface area contributed by atoms with Crippen molar-refractivity contribution in [2.75, 3.05) is 0 Å². The highest BCUT2D eigenvalue weighted by molar-refractivity contribution is 6.00. The fourth-order valence-electron chi connectivity index (χ4n) is 3.26. The highest BCUT2D eigenvalue weighted by atomic mass is 16.5. The molecule has 1 saturated carbocycles. The van der Waals surface area contributed by atoms with Gasteiger partial charge in [0.2, 0.25) is 0 Å². The minimum atomic E-state index is -0.0725. The van der Waals surface area contributed by atoms with Crippen molar-refractivity contribution in [3.05, 3.63) is 41.7 Å². The van der Waals surface area contributed by atoms with Crippen molar-refractivity contribution < 1.29 is 9.32 Å². The SMILES string of the molecule is Cc1onc(-c2ccccc2)c1C(=O)NC1CCCC(C)C1. The lowest BCUT2D eigenvalue weighted by molar-refractivity contribution is 0.0920. The summed E-state index contributed by atoms with van der Waals surface area (Å²) in [5, 5.41) is 7.24. The van der Waals surface area contributed by atoms with Gasteiger partial charge in [0.15, 0.2) is 0 Å². The first-order valence-electron chi connectivity index (χ1n) is 7.97. The van der Waals surface area contributed by atoms with Crippen molar-refractivity contribution in [3.8, 4) is 11.3 Å². The summed E-state index contributed by atoms with van der Waals surface area (Å²) >= 11 is 0. The lowest BCUT2D eigenvalue weighted by atomic mass is 9.87. The third-order valence-electron chi connectivity index (χ3n) is 4.41. The maximum Gasteiger partial charge on any atom is 0.257 e. The van der Waals surface area contributed by atoms with E-state index in [1.807, 2.05) is 30.3 Å². The molecule has 3 rings (SSSR count). The van der Waals surface area contributed by atoms with E-state index in [9.17, 15) is 4.79 Å². The van der Waals surface area contributed by atoms with Gasteiger partial charge in [0.25, 0.3) is 5.91 Å². The van der Waals surface area contributed by atoms with E-state index in [4.69, 9.17) is 4.52 Å². The van der Waals surface area contributed by atoms with Crippen LogP contribution in [0, 0.1) is 12.8 Å². The Balaban J connectivity index is 1.82. The van der Waals surface area contributed by atoms with E-state index in [2.05, 4.69) is 17.4 Å². The molecule has 2 atom stereocenters. The second-order valence-electron chi connectivity index (χ2n) is 6.27. The van der Waals surface area contributed by atoms with Gasteiger partial charge in [0.05, 0.1) is 0 Å². The van der Waals surface area contributed by atoms with Crippen LogP contribution in [0.4, 0.5) is 0 Å². The Labute approximate surface area is 130 Å². The Morgan fingerprint density at radius 1 is 1.27 bits per heavy atom. The smallest absolute Gasteiger partial charge is 0.257 e. The number of aryl methyl sites for hydroxylation is 1. The lowest BCUT2D eigenvalue weighted by Crippen LogP contribution is -2.38. The predicted octanol–water partition coefficient (Wildman–Crippen LogP) is 3.96. The Bertz CT molecular complexity index is 648. The molecule has 116 valence electrons. The quantitative estimate of drug-likeness (QED) is 0.933. The second-order valence-corrected chi connectivity index (χ2v) is 6.27. The molecule has 1 N–H and O–H groups in total. The molecule has 4 heteroatoms. The van der Waals surface area contributed by atoms with Gasteiger partial charge in [-0.05, 0) is 25.7 Å². The number of carbonyl (C=O) groups is 1. The summed E-state index contributed by atoms with van der Waals surface area (Å²) in [6, 6.07) is 9.95. The number of hydrogen-bond acceptors (Lipinski definition) is 3. The van der Waals surface area contributed by atoms with Gasteiger partial charge in [0.1, 0.15) is 17.0 Å². The largest absolute Gasteiger partial charge is 0.360 e. The Morgan fingerprint density at radius 3 is 2.77 bits per heavy atom.